The van der Waals surface area contributed by atoms with Gasteiger partial charge in [-0.1, -0.05) is 6.42 Å². The number of anilines is 1. The lowest BCUT2D eigenvalue weighted by molar-refractivity contribution is 0.712. The van der Waals surface area contributed by atoms with Gasteiger partial charge in [0.2, 0.25) is 0 Å². The molecule has 0 unspecified atom stereocenters. The lowest BCUT2D eigenvalue weighted by Crippen LogP contribution is -1.89. The van der Waals surface area contributed by atoms with E-state index in [0.29, 0.717) is 0 Å². The Bertz CT molecular complexity index is 301. The fraction of sp³-hybridized carbons (Fsp3) is 0.636. The van der Waals surface area contributed by atoms with Gasteiger partial charge in [0.25, 0.3) is 0 Å². The fourth-order valence-electron chi connectivity index (χ4n) is 2.14. The van der Waals surface area contributed by atoms with E-state index in [1.54, 1.807) is 10.4 Å². The Balaban J connectivity index is 2.38. The Hall–Kier alpha value is -0.500. The van der Waals surface area contributed by atoms with Crippen LogP contribution >= 0.6 is 11.3 Å². The summed E-state index contributed by atoms with van der Waals surface area (Å²) in [5, 5.41) is 4.67. The molecule has 13 heavy (non-hydrogen) atoms. The van der Waals surface area contributed by atoms with Crippen molar-refractivity contribution in [2.75, 3.05) is 12.4 Å². The standard InChI is InChI=1S/C11H17NS/c1-8-9-6-4-3-5-7-10(9)13-11(8)12-2/h12H,3-7H2,1-2H3. The lowest BCUT2D eigenvalue weighted by Gasteiger charge is -2.00. The minimum Gasteiger partial charge on any atom is -0.380 e. The monoisotopic (exact) mass is 195 g/mol. The third-order valence-corrected chi connectivity index (χ3v) is 4.32. The molecule has 2 heteroatoms. The minimum absolute atomic E-state index is 1.30. The van der Waals surface area contributed by atoms with Gasteiger partial charge in [-0.3, -0.25) is 0 Å². The first-order valence-electron chi connectivity index (χ1n) is 5.12. The van der Waals surface area contributed by atoms with E-state index in [2.05, 4.69) is 12.2 Å². The zero-order chi connectivity index (χ0) is 9.26. The maximum absolute atomic E-state index is 3.29. The highest BCUT2D eigenvalue weighted by Gasteiger charge is 2.15. The Labute approximate surface area is 84.2 Å². The van der Waals surface area contributed by atoms with E-state index < -0.39 is 0 Å². The molecule has 1 aromatic heterocycles. The average Bonchev–Trinajstić information content (AvgIpc) is 2.37. The molecule has 1 heterocycles. The lowest BCUT2D eigenvalue weighted by atomic mass is 10.1. The third-order valence-electron chi connectivity index (χ3n) is 2.91. The summed E-state index contributed by atoms with van der Waals surface area (Å²) in [4.78, 5) is 1.64. The largest absolute Gasteiger partial charge is 0.380 e. The van der Waals surface area contributed by atoms with Crippen LogP contribution in [-0.2, 0) is 12.8 Å². The van der Waals surface area contributed by atoms with Gasteiger partial charge in [-0.25, -0.2) is 0 Å². The summed E-state index contributed by atoms with van der Waals surface area (Å²) in [6.45, 7) is 2.26. The molecule has 0 aromatic carbocycles. The molecule has 0 saturated heterocycles. The number of fused-ring (bicyclic) bond motifs is 1. The molecule has 2 rings (SSSR count). The van der Waals surface area contributed by atoms with Gasteiger partial charge >= 0.3 is 0 Å². The van der Waals surface area contributed by atoms with Crippen LogP contribution in [0.3, 0.4) is 0 Å². The number of rotatable bonds is 1. The maximum Gasteiger partial charge on any atom is 0.0915 e. The molecule has 0 fully saturated rings. The van der Waals surface area contributed by atoms with Gasteiger partial charge in [0.15, 0.2) is 0 Å². The molecular weight excluding hydrogens is 178 g/mol. The first kappa shape index (κ1) is 9.07. The molecule has 72 valence electrons. The van der Waals surface area contributed by atoms with Crippen molar-refractivity contribution in [3.8, 4) is 0 Å². The summed E-state index contributed by atoms with van der Waals surface area (Å²) < 4.78 is 0. The van der Waals surface area contributed by atoms with Crippen LogP contribution in [0.5, 0.6) is 0 Å². The SMILES string of the molecule is CNc1sc2c(c1C)CCCCC2. The van der Waals surface area contributed by atoms with Crippen LogP contribution in [0.1, 0.15) is 35.3 Å². The third kappa shape index (κ3) is 1.60. The van der Waals surface area contributed by atoms with Crippen molar-refractivity contribution in [2.24, 2.45) is 0 Å². The van der Waals surface area contributed by atoms with Crippen LogP contribution in [0.25, 0.3) is 0 Å². The molecule has 0 bridgehead atoms. The molecule has 0 saturated carbocycles. The van der Waals surface area contributed by atoms with Gasteiger partial charge in [-0.05, 0) is 43.7 Å². The highest BCUT2D eigenvalue weighted by atomic mass is 32.1. The molecule has 1 N–H and O–H groups in total. The average molecular weight is 195 g/mol. The smallest absolute Gasteiger partial charge is 0.0915 e. The normalized spacial score (nSPS) is 16.5. The van der Waals surface area contributed by atoms with Crippen molar-refractivity contribution >= 4 is 16.3 Å². The second-order valence-corrected chi connectivity index (χ2v) is 4.87. The number of thiophene rings is 1. The van der Waals surface area contributed by atoms with E-state index in [4.69, 9.17) is 0 Å². The zero-order valence-electron chi connectivity index (χ0n) is 8.44. The predicted octanol–water partition coefficient (Wildman–Crippen LogP) is 3.37. The van der Waals surface area contributed by atoms with Crippen LogP contribution in [0.2, 0.25) is 0 Å². The molecule has 0 aliphatic heterocycles. The van der Waals surface area contributed by atoms with E-state index in [1.165, 1.54) is 42.7 Å². The highest BCUT2D eigenvalue weighted by Crippen LogP contribution is 2.36. The number of aryl methyl sites for hydroxylation is 1. The molecule has 0 atom stereocenters. The Morgan fingerprint density at radius 2 is 1.92 bits per heavy atom. The van der Waals surface area contributed by atoms with Crippen molar-refractivity contribution < 1.29 is 0 Å². The van der Waals surface area contributed by atoms with Crippen molar-refractivity contribution in [1.82, 2.24) is 0 Å². The number of hydrogen-bond acceptors (Lipinski definition) is 2. The van der Waals surface area contributed by atoms with Crippen LogP contribution in [0.15, 0.2) is 0 Å². The van der Waals surface area contributed by atoms with Gasteiger partial charge in [-0.15, -0.1) is 11.3 Å². The van der Waals surface area contributed by atoms with Gasteiger partial charge in [-0.2, -0.15) is 0 Å². The summed E-state index contributed by atoms with van der Waals surface area (Å²) in [6.07, 6.45) is 6.79. The first-order chi connectivity index (χ1) is 6.33. The van der Waals surface area contributed by atoms with Gasteiger partial charge in [0, 0.05) is 11.9 Å². The Kier molecular flexibility index (Phi) is 2.58. The first-order valence-corrected chi connectivity index (χ1v) is 5.93. The van der Waals surface area contributed by atoms with Gasteiger partial charge < -0.3 is 5.32 Å². The number of hydrogen-bond donors (Lipinski definition) is 1. The molecule has 0 spiro atoms. The topological polar surface area (TPSA) is 12.0 Å². The second kappa shape index (κ2) is 3.70. The second-order valence-electron chi connectivity index (χ2n) is 3.77. The molecule has 1 nitrogen and oxygen atoms in total. The zero-order valence-corrected chi connectivity index (χ0v) is 9.26. The summed E-state index contributed by atoms with van der Waals surface area (Å²) >= 11 is 1.96. The summed E-state index contributed by atoms with van der Waals surface area (Å²) in [5.74, 6) is 0. The van der Waals surface area contributed by atoms with Crippen molar-refractivity contribution in [1.29, 1.82) is 0 Å². The highest BCUT2D eigenvalue weighted by molar-refractivity contribution is 7.16. The molecule has 0 radical (unpaired) electrons. The molecule has 0 amide bonds. The molecule has 1 aliphatic carbocycles. The quantitative estimate of drug-likeness (QED) is 0.677. The molecular formula is C11H17NS. The summed E-state index contributed by atoms with van der Waals surface area (Å²) in [6, 6.07) is 0. The fourth-order valence-corrected chi connectivity index (χ4v) is 3.39. The van der Waals surface area contributed by atoms with Crippen molar-refractivity contribution in [2.45, 2.75) is 39.0 Å². The van der Waals surface area contributed by atoms with E-state index in [-0.39, 0.29) is 0 Å². The van der Waals surface area contributed by atoms with Crippen LogP contribution in [-0.4, -0.2) is 7.05 Å². The Morgan fingerprint density at radius 3 is 2.69 bits per heavy atom. The van der Waals surface area contributed by atoms with Crippen molar-refractivity contribution in [3.63, 3.8) is 0 Å². The van der Waals surface area contributed by atoms with Crippen LogP contribution < -0.4 is 5.32 Å². The summed E-state index contributed by atoms with van der Waals surface area (Å²) in [7, 11) is 2.03. The van der Waals surface area contributed by atoms with E-state index in [0.717, 1.165) is 0 Å². The van der Waals surface area contributed by atoms with Crippen LogP contribution in [0, 0.1) is 6.92 Å². The van der Waals surface area contributed by atoms with E-state index >= 15 is 0 Å². The minimum atomic E-state index is 1.30. The predicted molar refractivity (Wildman–Crippen MR) is 59.9 cm³/mol. The van der Waals surface area contributed by atoms with Gasteiger partial charge in [0.1, 0.15) is 0 Å². The van der Waals surface area contributed by atoms with Gasteiger partial charge in [0.05, 0.1) is 5.00 Å². The van der Waals surface area contributed by atoms with Crippen LogP contribution in [0.4, 0.5) is 5.00 Å². The Morgan fingerprint density at radius 1 is 1.15 bits per heavy atom. The molecule has 1 aliphatic rings. The van der Waals surface area contributed by atoms with E-state index in [9.17, 15) is 0 Å². The van der Waals surface area contributed by atoms with E-state index in [1.807, 2.05) is 18.4 Å². The summed E-state index contributed by atoms with van der Waals surface area (Å²) in [5.41, 5.74) is 3.15. The number of nitrogens with one attached hydrogen (secondary N) is 1. The maximum atomic E-state index is 3.29. The van der Waals surface area contributed by atoms with Crippen molar-refractivity contribution in [3.05, 3.63) is 16.0 Å². The molecule has 1 aromatic rings.